The van der Waals surface area contributed by atoms with Crippen molar-refractivity contribution in [2.75, 3.05) is 0 Å². The lowest BCUT2D eigenvalue weighted by atomic mass is 9.92. The molecule has 1 aliphatic rings. The molecule has 4 rings (SSSR count). The highest BCUT2D eigenvalue weighted by atomic mass is 35.5. The number of carbonyl (C=O) groups excluding carboxylic acids is 2. The molecule has 0 radical (unpaired) electrons. The summed E-state index contributed by atoms with van der Waals surface area (Å²) in [5.74, 6) is 0.392. The summed E-state index contributed by atoms with van der Waals surface area (Å²) < 4.78 is 10.3. The van der Waals surface area contributed by atoms with Gasteiger partial charge in [0.2, 0.25) is 11.7 Å². The van der Waals surface area contributed by atoms with Crippen molar-refractivity contribution < 1.29 is 18.5 Å². The zero-order valence-corrected chi connectivity index (χ0v) is 14.4. The third kappa shape index (κ3) is 2.64. The molecule has 1 aliphatic heterocycles. The summed E-state index contributed by atoms with van der Waals surface area (Å²) in [6.45, 7) is 1.50. The van der Waals surface area contributed by atoms with Gasteiger partial charge in [0.15, 0.2) is 5.76 Å². The van der Waals surface area contributed by atoms with Crippen molar-refractivity contribution in [1.82, 2.24) is 20.4 Å². The molecule has 1 fully saturated rings. The molecule has 2 aromatic heterocycles. The molecule has 1 atom stereocenters. The van der Waals surface area contributed by atoms with Gasteiger partial charge in [-0.3, -0.25) is 9.69 Å². The van der Waals surface area contributed by atoms with Gasteiger partial charge in [-0.15, -0.1) is 0 Å². The van der Waals surface area contributed by atoms with E-state index in [1.165, 1.54) is 6.26 Å². The van der Waals surface area contributed by atoms with Crippen LogP contribution in [0.5, 0.6) is 0 Å². The monoisotopic (exact) mass is 372 g/mol. The van der Waals surface area contributed by atoms with Crippen molar-refractivity contribution in [3.63, 3.8) is 0 Å². The number of imide groups is 1. The third-order valence-corrected chi connectivity index (χ3v) is 4.45. The quantitative estimate of drug-likeness (QED) is 0.706. The molecule has 8 nitrogen and oxygen atoms in total. The maximum absolute atomic E-state index is 12.9. The van der Waals surface area contributed by atoms with E-state index in [2.05, 4.69) is 15.5 Å². The summed E-state index contributed by atoms with van der Waals surface area (Å²) in [5, 5.41) is 7.04. The number of hydrogen-bond acceptors (Lipinski definition) is 6. The van der Waals surface area contributed by atoms with Gasteiger partial charge >= 0.3 is 6.03 Å². The molecule has 1 N–H and O–H groups in total. The Balaban J connectivity index is 1.57. The maximum Gasteiger partial charge on any atom is 0.325 e. The smallest absolute Gasteiger partial charge is 0.325 e. The fourth-order valence-corrected chi connectivity index (χ4v) is 2.91. The van der Waals surface area contributed by atoms with E-state index in [0.717, 1.165) is 4.90 Å². The molecular formula is C17H13ClN4O4. The van der Waals surface area contributed by atoms with Gasteiger partial charge in [0, 0.05) is 5.02 Å². The number of nitrogens with zero attached hydrogens (tertiary/aromatic N) is 3. The number of rotatable bonds is 4. The molecular weight excluding hydrogens is 360 g/mol. The highest BCUT2D eigenvalue weighted by molar-refractivity contribution is 6.30. The van der Waals surface area contributed by atoms with Gasteiger partial charge in [-0.05, 0) is 36.8 Å². The van der Waals surface area contributed by atoms with Crippen LogP contribution >= 0.6 is 11.6 Å². The Hall–Kier alpha value is -3.13. The first-order valence-electron chi connectivity index (χ1n) is 7.74. The lowest BCUT2D eigenvalue weighted by molar-refractivity contribution is -0.131. The van der Waals surface area contributed by atoms with Crippen LogP contribution < -0.4 is 5.32 Å². The Kier molecular flexibility index (Phi) is 3.77. The molecule has 132 valence electrons. The second-order valence-electron chi connectivity index (χ2n) is 5.94. The second kappa shape index (κ2) is 5.99. The van der Waals surface area contributed by atoms with Gasteiger partial charge in [-0.25, -0.2) is 4.79 Å². The van der Waals surface area contributed by atoms with E-state index in [1.54, 1.807) is 43.3 Å². The average Bonchev–Trinajstić information content (AvgIpc) is 3.34. The number of furan rings is 1. The standard InChI is InChI=1S/C17H13ClN4O4/c1-17(10-4-6-11(18)7-5-10)15(23)22(16(24)20-17)9-13-19-14(21-26-13)12-3-2-8-25-12/h2-8H,9H2,1H3,(H,20,24)/t17-/m1/s1. The molecule has 0 bridgehead atoms. The van der Waals surface area contributed by atoms with Crippen LogP contribution in [0.25, 0.3) is 11.6 Å². The lowest BCUT2D eigenvalue weighted by Crippen LogP contribution is -2.40. The first-order chi connectivity index (χ1) is 12.5. The summed E-state index contributed by atoms with van der Waals surface area (Å²) >= 11 is 5.89. The van der Waals surface area contributed by atoms with Crippen molar-refractivity contribution in [3.05, 3.63) is 59.1 Å². The van der Waals surface area contributed by atoms with E-state index < -0.39 is 17.5 Å². The van der Waals surface area contributed by atoms with Gasteiger partial charge < -0.3 is 14.3 Å². The van der Waals surface area contributed by atoms with Gasteiger partial charge in [0.25, 0.3) is 5.91 Å². The largest absolute Gasteiger partial charge is 0.461 e. The van der Waals surface area contributed by atoms with E-state index in [9.17, 15) is 9.59 Å². The zero-order valence-electron chi connectivity index (χ0n) is 13.6. The molecule has 9 heteroatoms. The number of nitrogens with one attached hydrogen (secondary N) is 1. The Morgan fingerprint density at radius 1 is 1.23 bits per heavy atom. The van der Waals surface area contributed by atoms with Gasteiger partial charge in [0.1, 0.15) is 12.1 Å². The second-order valence-corrected chi connectivity index (χ2v) is 6.38. The molecule has 0 spiro atoms. The molecule has 3 heterocycles. The van der Waals surface area contributed by atoms with E-state index >= 15 is 0 Å². The number of benzene rings is 1. The lowest BCUT2D eigenvalue weighted by Gasteiger charge is -2.22. The summed E-state index contributed by atoms with van der Waals surface area (Å²) in [4.78, 5) is 30.4. The van der Waals surface area contributed by atoms with Crippen molar-refractivity contribution in [1.29, 1.82) is 0 Å². The maximum atomic E-state index is 12.9. The number of carbonyl (C=O) groups is 2. The SMILES string of the molecule is C[C@]1(c2ccc(Cl)cc2)NC(=O)N(Cc2nc(-c3ccco3)no2)C1=O. The van der Waals surface area contributed by atoms with Crippen LogP contribution in [0.2, 0.25) is 5.02 Å². The number of halogens is 1. The summed E-state index contributed by atoms with van der Waals surface area (Å²) in [7, 11) is 0. The third-order valence-electron chi connectivity index (χ3n) is 4.20. The molecule has 0 aliphatic carbocycles. The predicted octanol–water partition coefficient (Wildman–Crippen LogP) is 2.95. The first-order valence-corrected chi connectivity index (χ1v) is 8.12. The molecule has 26 heavy (non-hydrogen) atoms. The Morgan fingerprint density at radius 3 is 2.69 bits per heavy atom. The molecule has 1 saturated heterocycles. The summed E-state index contributed by atoms with van der Waals surface area (Å²) in [6, 6.07) is 9.57. The summed E-state index contributed by atoms with van der Waals surface area (Å²) in [5.41, 5.74) is -0.560. The number of hydrogen-bond donors (Lipinski definition) is 1. The van der Waals surface area contributed by atoms with Crippen LogP contribution in [0.3, 0.4) is 0 Å². The van der Waals surface area contributed by atoms with Crippen molar-refractivity contribution >= 4 is 23.5 Å². The van der Waals surface area contributed by atoms with E-state index in [4.69, 9.17) is 20.5 Å². The molecule has 3 amide bonds. The molecule has 0 saturated carbocycles. The Bertz CT molecular complexity index is 967. The van der Waals surface area contributed by atoms with Gasteiger partial charge in [-0.2, -0.15) is 4.98 Å². The van der Waals surface area contributed by atoms with Crippen LogP contribution in [0.4, 0.5) is 4.79 Å². The molecule has 0 unspecified atom stereocenters. The van der Waals surface area contributed by atoms with E-state index in [0.29, 0.717) is 16.3 Å². The van der Waals surface area contributed by atoms with Crippen LogP contribution in [0.1, 0.15) is 18.4 Å². The van der Waals surface area contributed by atoms with Crippen molar-refractivity contribution in [2.45, 2.75) is 19.0 Å². The van der Waals surface area contributed by atoms with Crippen LogP contribution in [0.15, 0.2) is 51.6 Å². The van der Waals surface area contributed by atoms with Crippen LogP contribution in [0, 0.1) is 0 Å². The van der Waals surface area contributed by atoms with E-state index in [1.807, 2.05) is 0 Å². The first kappa shape index (κ1) is 16.3. The van der Waals surface area contributed by atoms with Crippen molar-refractivity contribution in [3.8, 4) is 11.6 Å². The normalized spacial score (nSPS) is 19.8. The Labute approximate surface area is 152 Å². The summed E-state index contributed by atoms with van der Waals surface area (Å²) in [6.07, 6.45) is 1.49. The number of amides is 3. The van der Waals surface area contributed by atoms with Crippen LogP contribution in [-0.2, 0) is 16.9 Å². The van der Waals surface area contributed by atoms with Crippen molar-refractivity contribution in [2.24, 2.45) is 0 Å². The van der Waals surface area contributed by atoms with Gasteiger partial charge in [-0.1, -0.05) is 28.9 Å². The number of aromatic nitrogens is 2. The highest BCUT2D eigenvalue weighted by Gasteiger charge is 2.49. The van der Waals surface area contributed by atoms with E-state index in [-0.39, 0.29) is 18.3 Å². The Morgan fingerprint density at radius 2 is 2.00 bits per heavy atom. The van der Waals surface area contributed by atoms with Crippen LogP contribution in [-0.4, -0.2) is 27.0 Å². The predicted molar refractivity (Wildman–Crippen MR) is 89.9 cm³/mol. The fraction of sp³-hybridized carbons (Fsp3) is 0.176. The topological polar surface area (TPSA) is 101 Å². The minimum atomic E-state index is -1.19. The fourth-order valence-electron chi connectivity index (χ4n) is 2.78. The van der Waals surface area contributed by atoms with Gasteiger partial charge in [0.05, 0.1) is 6.26 Å². The highest BCUT2D eigenvalue weighted by Crippen LogP contribution is 2.30. The molecule has 3 aromatic rings. The zero-order chi connectivity index (χ0) is 18.3. The average molecular weight is 373 g/mol. The minimum Gasteiger partial charge on any atom is -0.461 e. The number of urea groups is 1. The molecule has 1 aromatic carbocycles. The minimum absolute atomic E-state index is 0.125.